The first-order chi connectivity index (χ1) is 15.1. The van der Waals surface area contributed by atoms with Gasteiger partial charge in [-0.3, -0.25) is 23.7 Å². The lowest BCUT2D eigenvalue weighted by molar-refractivity contribution is 0.584. The molecule has 33 heavy (non-hydrogen) atoms. The Morgan fingerprint density at radius 1 is 0.667 bits per heavy atom. The first-order valence-electron chi connectivity index (χ1n) is 9.25. The second kappa shape index (κ2) is 8.17. The fourth-order valence-electron chi connectivity index (χ4n) is 3.30. The minimum absolute atomic E-state index is 0.149. The number of rotatable bonds is 3. The molecule has 2 heterocycles. The number of benzene rings is 2. The summed E-state index contributed by atoms with van der Waals surface area (Å²) in [6.45, 7) is 1.91. The van der Waals surface area contributed by atoms with Gasteiger partial charge in [0.05, 0.1) is 39.7 Å². The molecule has 174 valence electrons. The molecule has 4 rings (SSSR count). The summed E-state index contributed by atoms with van der Waals surface area (Å²) in [4.78, 5) is 49.5. The zero-order valence-electron chi connectivity index (χ0n) is 17.9. The predicted molar refractivity (Wildman–Crippen MR) is 125 cm³/mol. The van der Waals surface area contributed by atoms with Gasteiger partial charge in [0, 0.05) is 7.05 Å². The molecule has 0 amide bonds. The highest BCUT2D eigenvalue weighted by molar-refractivity contribution is 8.04. The van der Waals surface area contributed by atoms with E-state index in [2.05, 4.69) is 0 Å². The van der Waals surface area contributed by atoms with Gasteiger partial charge >= 0.3 is 0 Å². The van der Waals surface area contributed by atoms with Crippen molar-refractivity contribution in [1.82, 2.24) is 13.3 Å². The van der Waals surface area contributed by atoms with Gasteiger partial charge in [-0.15, -0.1) is 4.13 Å². The molecule has 0 atom stereocenters. The molecule has 0 aliphatic heterocycles. The number of aromatic nitrogens is 2. The molecule has 1 N–H and O–H groups in total. The number of hydrogen-bond donors (Lipinski definition) is 1. The summed E-state index contributed by atoms with van der Waals surface area (Å²) in [7, 11) is -5.87. The van der Waals surface area contributed by atoms with Crippen LogP contribution in [-0.2, 0) is 27.1 Å². The number of nitrogens with zero attached hydrogens (tertiary/aromatic N) is 2. The Kier molecular flexibility index (Phi) is 6.00. The third-order valence-corrected chi connectivity index (χ3v) is 7.11. The largest absolute Gasteiger partial charge is 0.277 e. The standard InChI is InChI=1S/C18H12N2O4.C2H7NO4S2/c1-9-3-5-10(6-4-9)20-17(23)13-7-11-12(8-14(13)18(20)24)16(22)19(2)15(11)21;1-8(4,5)3-9(2,6)7/h3-8H,1-2H3;3H,1-2H3. The van der Waals surface area contributed by atoms with Crippen LogP contribution in [0.15, 0.2) is 55.6 Å². The Hall–Kier alpha value is -3.42. The fourth-order valence-corrected chi connectivity index (χ4v) is 5.50. The van der Waals surface area contributed by atoms with Gasteiger partial charge in [0.1, 0.15) is 0 Å². The van der Waals surface area contributed by atoms with E-state index in [9.17, 15) is 36.0 Å². The van der Waals surface area contributed by atoms with Gasteiger partial charge in [-0.2, -0.15) is 0 Å². The second-order valence-electron chi connectivity index (χ2n) is 7.52. The lowest BCUT2D eigenvalue weighted by atomic mass is 10.1. The third-order valence-electron chi connectivity index (χ3n) is 4.69. The van der Waals surface area contributed by atoms with E-state index in [0.29, 0.717) is 5.69 Å². The Balaban J connectivity index is 0.000000292. The van der Waals surface area contributed by atoms with E-state index >= 15 is 0 Å². The quantitative estimate of drug-likeness (QED) is 0.390. The molecule has 0 radical (unpaired) electrons. The number of fused-ring (bicyclic) bond motifs is 2. The molecule has 0 bridgehead atoms. The normalized spacial score (nSPS) is 12.1. The maximum Gasteiger partial charge on any atom is 0.266 e. The summed E-state index contributed by atoms with van der Waals surface area (Å²) in [5.41, 5.74) is -0.443. The van der Waals surface area contributed by atoms with Crippen molar-refractivity contribution in [2.45, 2.75) is 6.92 Å². The van der Waals surface area contributed by atoms with Crippen LogP contribution in [-0.4, -0.2) is 38.5 Å². The average Bonchev–Trinajstić information content (AvgIpc) is 3.05. The Bertz CT molecular complexity index is 1710. The van der Waals surface area contributed by atoms with E-state index in [-0.39, 0.29) is 21.5 Å². The van der Waals surface area contributed by atoms with Gasteiger partial charge in [0.15, 0.2) is 0 Å². The summed E-state index contributed by atoms with van der Waals surface area (Å²) in [6, 6.07) is 9.69. The van der Waals surface area contributed by atoms with Crippen molar-refractivity contribution in [1.29, 1.82) is 0 Å². The smallest absolute Gasteiger partial charge is 0.266 e. The minimum Gasteiger partial charge on any atom is -0.277 e. The summed E-state index contributed by atoms with van der Waals surface area (Å²) in [5.74, 6) is 0. The van der Waals surface area contributed by atoms with Gasteiger partial charge in [-0.05, 0) is 31.2 Å². The second-order valence-corrected chi connectivity index (χ2v) is 11.3. The molecule has 2 aromatic heterocycles. The first kappa shape index (κ1) is 24.2. The lowest BCUT2D eigenvalue weighted by Crippen LogP contribution is -2.27. The zero-order valence-corrected chi connectivity index (χ0v) is 19.6. The molecule has 0 fully saturated rings. The molecule has 0 aliphatic carbocycles. The van der Waals surface area contributed by atoms with Crippen molar-refractivity contribution in [2.24, 2.45) is 7.05 Å². The molecule has 0 aliphatic rings. The van der Waals surface area contributed by atoms with Crippen molar-refractivity contribution >= 4 is 41.6 Å². The maximum absolute atomic E-state index is 12.7. The Morgan fingerprint density at radius 2 is 1.03 bits per heavy atom. The van der Waals surface area contributed by atoms with Gasteiger partial charge < -0.3 is 0 Å². The molecule has 11 nitrogen and oxygen atoms in total. The Labute approximate surface area is 187 Å². The summed E-state index contributed by atoms with van der Waals surface area (Å²) >= 11 is 0. The molecule has 13 heteroatoms. The Morgan fingerprint density at radius 3 is 1.36 bits per heavy atom. The van der Waals surface area contributed by atoms with Crippen LogP contribution < -0.4 is 26.4 Å². The van der Waals surface area contributed by atoms with Gasteiger partial charge in [0.2, 0.25) is 20.0 Å². The van der Waals surface area contributed by atoms with Crippen LogP contribution in [0.25, 0.3) is 27.2 Å². The van der Waals surface area contributed by atoms with E-state index in [1.54, 1.807) is 24.3 Å². The summed E-state index contributed by atoms with van der Waals surface area (Å²) < 4.78 is 44.1. The number of sulfonamides is 2. The highest BCUT2D eigenvalue weighted by Crippen LogP contribution is 2.16. The van der Waals surface area contributed by atoms with Gasteiger partial charge in [-0.1, -0.05) is 17.7 Å². The third kappa shape index (κ3) is 4.84. The van der Waals surface area contributed by atoms with Crippen molar-refractivity contribution in [2.75, 3.05) is 12.5 Å². The van der Waals surface area contributed by atoms with Crippen molar-refractivity contribution in [3.63, 3.8) is 0 Å². The monoisotopic (exact) mass is 493 g/mol. The highest BCUT2D eigenvalue weighted by Gasteiger charge is 2.19. The van der Waals surface area contributed by atoms with Crippen LogP contribution in [0.3, 0.4) is 0 Å². The van der Waals surface area contributed by atoms with Crippen LogP contribution >= 0.6 is 0 Å². The molecule has 2 aromatic carbocycles. The number of aryl methyl sites for hydroxylation is 1. The summed E-state index contributed by atoms with van der Waals surface area (Å²) in [5, 5.41) is 0.618. The predicted octanol–water partition coefficient (Wildman–Crippen LogP) is -0.758. The zero-order chi connectivity index (χ0) is 24.9. The van der Waals surface area contributed by atoms with Crippen LogP contribution in [0.4, 0.5) is 0 Å². The van der Waals surface area contributed by atoms with Crippen LogP contribution in [0.1, 0.15) is 5.56 Å². The van der Waals surface area contributed by atoms with Crippen LogP contribution in [0, 0.1) is 6.92 Å². The summed E-state index contributed by atoms with van der Waals surface area (Å²) in [6.07, 6.45) is 1.54. The molecule has 4 aromatic rings. The lowest BCUT2D eigenvalue weighted by Gasteiger charge is -2.00. The average molecular weight is 494 g/mol. The van der Waals surface area contributed by atoms with Crippen molar-refractivity contribution < 1.29 is 16.8 Å². The van der Waals surface area contributed by atoms with E-state index < -0.39 is 42.3 Å². The van der Waals surface area contributed by atoms with Crippen LogP contribution in [0.5, 0.6) is 0 Å². The van der Waals surface area contributed by atoms with Gasteiger partial charge in [0.25, 0.3) is 22.2 Å². The minimum atomic E-state index is -3.62. The first-order valence-corrected chi connectivity index (χ1v) is 13.0. The van der Waals surface area contributed by atoms with E-state index in [4.69, 9.17) is 0 Å². The van der Waals surface area contributed by atoms with Crippen molar-refractivity contribution in [3.8, 4) is 5.69 Å². The molecular weight excluding hydrogens is 474 g/mol. The van der Waals surface area contributed by atoms with E-state index in [1.807, 2.05) is 6.92 Å². The molecule has 0 saturated heterocycles. The molecule has 0 spiro atoms. The SMILES string of the molecule is CS(=O)(=O)NS(C)(=O)=O.Cc1ccc(-n2c(=O)c3cc4c(=O)n(C)c(=O)c4cc3c2=O)cc1. The molecular formula is C20H19N3O8S2. The highest BCUT2D eigenvalue weighted by atomic mass is 32.3. The van der Waals surface area contributed by atoms with E-state index in [1.165, 1.54) is 23.3 Å². The fraction of sp³-hybridized carbons (Fsp3) is 0.200. The van der Waals surface area contributed by atoms with Crippen LogP contribution in [0.2, 0.25) is 0 Å². The maximum atomic E-state index is 12.7. The number of nitrogens with one attached hydrogen (secondary N) is 1. The molecule has 0 unspecified atom stereocenters. The van der Waals surface area contributed by atoms with Gasteiger partial charge in [-0.25, -0.2) is 21.4 Å². The topological polar surface area (TPSA) is 158 Å². The number of hydrogen-bond acceptors (Lipinski definition) is 8. The van der Waals surface area contributed by atoms with E-state index in [0.717, 1.165) is 27.2 Å². The van der Waals surface area contributed by atoms with Crippen molar-refractivity contribution in [3.05, 3.63) is 83.4 Å². The molecule has 0 saturated carbocycles.